The summed E-state index contributed by atoms with van der Waals surface area (Å²) in [4.78, 5) is 5.60. The molecule has 0 radical (unpaired) electrons. The standard InChI is InChI=1S/C47H44N5/c1-29-17-23-43-39(25-29)41-28-42-40-26-30(2)18-24-44(40)52(46(42)48-45(41)51(43)35-13-10-9-11-14-35)38-16-12-15-37(27-38)50-32(4)31(3)49(33(50)5)36-21-19-34(20-22-36)47(6,7)8/h9-28H,1-8H3/q+1. The molecule has 5 aromatic carbocycles. The minimum Gasteiger partial charge on any atom is -0.294 e. The van der Waals surface area contributed by atoms with Crippen molar-refractivity contribution in [1.82, 2.24) is 18.7 Å². The molecule has 0 atom stereocenters. The maximum atomic E-state index is 5.60. The summed E-state index contributed by atoms with van der Waals surface area (Å²) in [7, 11) is 0. The van der Waals surface area contributed by atoms with E-state index in [0.29, 0.717) is 0 Å². The molecule has 5 heteroatoms. The summed E-state index contributed by atoms with van der Waals surface area (Å²) in [5.41, 5.74) is 15.1. The molecule has 0 amide bonds. The van der Waals surface area contributed by atoms with E-state index >= 15 is 0 Å². The highest BCUT2D eigenvalue weighted by Crippen LogP contribution is 2.39. The molecule has 4 heterocycles. The molecule has 0 bridgehead atoms. The van der Waals surface area contributed by atoms with E-state index in [-0.39, 0.29) is 5.41 Å². The zero-order valence-corrected chi connectivity index (χ0v) is 31.3. The van der Waals surface area contributed by atoms with E-state index in [1.165, 1.54) is 49.9 Å². The number of aromatic nitrogens is 5. The van der Waals surface area contributed by atoms with Gasteiger partial charge in [0, 0.05) is 54.1 Å². The van der Waals surface area contributed by atoms with Crippen molar-refractivity contribution < 1.29 is 4.57 Å². The Morgan fingerprint density at radius 3 is 1.62 bits per heavy atom. The molecule has 0 unspecified atom stereocenters. The number of rotatable bonds is 4. The fourth-order valence-electron chi connectivity index (χ4n) is 8.23. The Kier molecular flexibility index (Phi) is 7.10. The Morgan fingerprint density at radius 1 is 0.500 bits per heavy atom. The Balaban J connectivity index is 1.28. The van der Waals surface area contributed by atoms with Crippen LogP contribution < -0.4 is 4.57 Å². The molecule has 0 aliphatic heterocycles. The highest BCUT2D eigenvalue weighted by Gasteiger charge is 2.27. The van der Waals surface area contributed by atoms with Gasteiger partial charge in [-0.1, -0.05) is 80.4 Å². The molecule has 0 spiro atoms. The molecule has 0 aliphatic rings. The number of imidazole rings is 1. The maximum absolute atomic E-state index is 5.60. The average molecular weight is 679 g/mol. The van der Waals surface area contributed by atoms with Crippen LogP contribution in [0.1, 0.15) is 54.7 Å². The zero-order valence-electron chi connectivity index (χ0n) is 31.3. The molecule has 0 saturated carbocycles. The molecule has 52 heavy (non-hydrogen) atoms. The SMILES string of the molecule is Cc1ccc2c(c1)c1cc3c4cc(C)ccc4n(-c4cccc(-n5c(C)c(C)[n+](-c6ccc(C(C)(C)C)cc6)c5C)c4)c3nc1n2-c1ccccc1. The van der Waals surface area contributed by atoms with Crippen LogP contribution in [0.4, 0.5) is 0 Å². The number of aryl methyl sites for hydroxylation is 2. The van der Waals surface area contributed by atoms with Gasteiger partial charge in [-0.05, 0) is 91.6 Å². The third kappa shape index (κ3) is 4.83. The summed E-state index contributed by atoms with van der Waals surface area (Å²) in [6.45, 7) is 17.8. The molecule has 256 valence electrons. The van der Waals surface area contributed by atoms with Crippen molar-refractivity contribution in [3.05, 3.63) is 155 Å². The van der Waals surface area contributed by atoms with Gasteiger partial charge in [0.15, 0.2) is 0 Å². The van der Waals surface area contributed by atoms with Crippen molar-refractivity contribution in [2.75, 3.05) is 0 Å². The van der Waals surface area contributed by atoms with Gasteiger partial charge in [-0.15, -0.1) is 0 Å². The van der Waals surface area contributed by atoms with Gasteiger partial charge in [-0.3, -0.25) is 9.13 Å². The van der Waals surface area contributed by atoms with E-state index in [2.05, 4.69) is 195 Å². The van der Waals surface area contributed by atoms with E-state index in [0.717, 1.165) is 50.6 Å². The second-order valence-corrected chi connectivity index (χ2v) is 15.5. The molecular weight excluding hydrogens is 635 g/mol. The number of hydrogen-bond acceptors (Lipinski definition) is 1. The Hall–Kier alpha value is -5.94. The van der Waals surface area contributed by atoms with Crippen molar-refractivity contribution in [3.8, 4) is 22.7 Å². The first-order valence-electron chi connectivity index (χ1n) is 18.2. The smallest absolute Gasteiger partial charge is 0.264 e. The Morgan fingerprint density at radius 2 is 1.04 bits per heavy atom. The molecule has 9 rings (SSSR count). The summed E-state index contributed by atoms with van der Waals surface area (Å²) in [5.74, 6) is 1.16. The molecule has 9 aromatic rings. The molecule has 0 fully saturated rings. The average Bonchev–Trinajstić information content (AvgIpc) is 3.70. The molecule has 0 saturated heterocycles. The lowest BCUT2D eigenvalue weighted by Crippen LogP contribution is -2.35. The molecule has 5 nitrogen and oxygen atoms in total. The molecule has 0 N–H and O–H groups in total. The highest BCUT2D eigenvalue weighted by molar-refractivity contribution is 6.16. The van der Waals surface area contributed by atoms with Crippen LogP contribution >= 0.6 is 0 Å². The van der Waals surface area contributed by atoms with Crippen LogP contribution in [0.3, 0.4) is 0 Å². The number of benzene rings is 5. The summed E-state index contributed by atoms with van der Waals surface area (Å²) in [6, 6.07) is 44.4. The van der Waals surface area contributed by atoms with E-state index in [4.69, 9.17) is 4.98 Å². The van der Waals surface area contributed by atoms with E-state index in [9.17, 15) is 0 Å². The van der Waals surface area contributed by atoms with Crippen molar-refractivity contribution in [2.45, 2.75) is 60.8 Å². The quantitative estimate of drug-likeness (QED) is 0.171. The predicted octanol–water partition coefficient (Wildman–Crippen LogP) is 11.2. The lowest BCUT2D eigenvalue weighted by Gasteiger charge is -2.18. The van der Waals surface area contributed by atoms with Crippen molar-refractivity contribution in [3.63, 3.8) is 0 Å². The number of hydrogen-bond donors (Lipinski definition) is 0. The molecular formula is C47H44N5+. The van der Waals surface area contributed by atoms with Crippen molar-refractivity contribution in [2.24, 2.45) is 0 Å². The van der Waals surface area contributed by atoms with Gasteiger partial charge < -0.3 is 0 Å². The number of fused-ring (bicyclic) bond motifs is 6. The monoisotopic (exact) mass is 678 g/mol. The van der Waals surface area contributed by atoms with Gasteiger partial charge in [0.1, 0.15) is 34.1 Å². The zero-order chi connectivity index (χ0) is 36.1. The fourth-order valence-corrected chi connectivity index (χ4v) is 8.23. The van der Waals surface area contributed by atoms with Crippen LogP contribution in [-0.2, 0) is 5.41 Å². The van der Waals surface area contributed by atoms with E-state index in [1.807, 2.05) is 0 Å². The molecule has 0 aliphatic carbocycles. The largest absolute Gasteiger partial charge is 0.294 e. The Labute approximate surface area is 305 Å². The number of pyridine rings is 1. The summed E-state index contributed by atoms with van der Waals surface area (Å²) in [5, 5.41) is 4.76. The minimum atomic E-state index is 0.110. The van der Waals surface area contributed by atoms with Crippen LogP contribution in [0.2, 0.25) is 0 Å². The van der Waals surface area contributed by atoms with E-state index in [1.54, 1.807) is 0 Å². The van der Waals surface area contributed by atoms with Crippen molar-refractivity contribution >= 4 is 43.9 Å². The topological polar surface area (TPSA) is 31.6 Å². The fraction of sp³-hybridized carbons (Fsp3) is 0.191. The van der Waals surface area contributed by atoms with Gasteiger partial charge in [0.2, 0.25) is 0 Å². The van der Waals surface area contributed by atoms with Crippen LogP contribution in [-0.4, -0.2) is 18.7 Å². The number of para-hydroxylation sites is 1. The first-order chi connectivity index (χ1) is 25.0. The maximum Gasteiger partial charge on any atom is 0.264 e. The minimum absolute atomic E-state index is 0.110. The third-order valence-corrected chi connectivity index (χ3v) is 11.0. The Bertz CT molecular complexity index is 2860. The lowest BCUT2D eigenvalue weighted by atomic mass is 9.87. The van der Waals surface area contributed by atoms with Crippen LogP contribution in [0.15, 0.2) is 121 Å². The predicted molar refractivity (Wildman–Crippen MR) is 216 cm³/mol. The molecule has 4 aromatic heterocycles. The van der Waals surface area contributed by atoms with Crippen LogP contribution in [0, 0.1) is 34.6 Å². The van der Waals surface area contributed by atoms with Crippen LogP contribution in [0.25, 0.3) is 66.6 Å². The second kappa shape index (κ2) is 11.5. The van der Waals surface area contributed by atoms with Crippen molar-refractivity contribution in [1.29, 1.82) is 0 Å². The normalized spacial score (nSPS) is 12.2. The number of nitrogens with zero attached hydrogens (tertiary/aromatic N) is 5. The summed E-state index contributed by atoms with van der Waals surface area (Å²) >= 11 is 0. The first-order valence-corrected chi connectivity index (χ1v) is 18.2. The van der Waals surface area contributed by atoms with Crippen LogP contribution in [0.5, 0.6) is 0 Å². The second-order valence-electron chi connectivity index (χ2n) is 15.5. The third-order valence-electron chi connectivity index (χ3n) is 11.0. The highest BCUT2D eigenvalue weighted by atomic mass is 15.2. The first kappa shape index (κ1) is 32.0. The van der Waals surface area contributed by atoms with E-state index < -0.39 is 0 Å². The summed E-state index contributed by atoms with van der Waals surface area (Å²) < 4.78 is 9.43. The van der Waals surface area contributed by atoms with Gasteiger partial charge in [-0.2, -0.15) is 9.13 Å². The summed E-state index contributed by atoms with van der Waals surface area (Å²) in [6.07, 6.45) is 0. The van der Waals surface area contributed by atoms with Gasteiger partial charge in [0.05, 0.1) is 16.7 Å². The van der Waals surface area contributed by atoms with Gasteiger partial charge >= 0.3 is 0 Å². The van der Waals surface area contributed by atoms with Gasteiger partial charge in [-0.25, -0.2) is 4.98 Å². The van der Waals surface area contributed by atoms with Gasteiger partial charge in [0.25, 0.3) is 5.82 Å². The lowest BCUT2D eigenvalue weighted by molar-refractivity contribution is -0.608.